The molecule has 1 rings (SSSR count). The van der Waals surface area contributed by atoms with E-state index in [4.69, 9.17) is 16.9 Å². The molecule has 0 radical (unpaired) electrons. The quantitative estimate of drug-likeness (QED) is 0.452. The highest BCUT2D eigenvalue weighted by Gasteiger charge is 2.21. The Morgan fingerprint density at radius 1 is 1.71 bits per heavy atom. The fraction of sp³-hybridized carbons (Fsp3) is 0.444. The average Bonchev–Trinajstić information content (AvgIpc) is 2.29. The molecule has 1 aromatic rings. The molecule has 0 fully saturated rings. The molecular formula is C9H10ClN5O2. The predicted octanol–water partition coefficient (Wildman–Crippen LogP) is 1.78. The van der Waals surface area contributed by atoms with Gasteiger partial charge in [0, 0.05) is 13.1 Å². The largest absolute Gasteiger partial charge is 0.350 e. The highest BCUT2D eigenvalue weighted by Crippen LogP contribution is 2.25. The molecule has 0 saturated heterocycles. The highest BCUT2D eigenvalue weighted by atomic mass is 35.5. The maximum absolute atomic E-state index is 10.8. The lowest BCUT2D eigenvalue weighted by atomic mass is 10.3. The molecule has 0 aromatic carbocycles. The highest BCUT2D eigenvalue weighted by molar-refractivity contribution is 6.28. The Balaban J connectivity index is 3.12. The number of hydrogen-bond donors (Lipinski definition) is 0. The molecule has 1 heterocycles. The van der Waals surface area contributed by atoms with Crippen LogP contribution in [0.25, 0.3) is 0 Å². The van der Waals surface area contributed by atoms with Crippen molar-refractivity contribution in [3.8, 4) is 6.07 Å². The van der Waals surface area contributed by atoms with Gasteiger partial charge in [0.15, 0.2) is 0 Å². The van der Waals surface area contributed by atoms with Gasteiger partial charge in [-0.25, -0.2) is 4.98 Å². The molecule has 0 spiro atoms. The fourth-order valence-corrected chi connectivity index (χ4v) is 1.43. The van der Waals surface area contributed by atoms with E-state index in [0.717, 1.165) is 6.20 Å². The minimum absolute atomic E-state index is 0.0546. The summed E-state index contributed by atoms with van der Waals surface area (Å²) >= 11 is 5.62. The lowest BCUT2D eigenvalue weighted by Crippen LogP contribution is -2.25. The summed E-state index contributed by atoms with van der Waals surface area (Å²) in [7, 11) is 0. The Morgan fingerprint density at radius 3 is 2.94 bits per heavy atom. The van der Waals surface area contributed by atoms with Gasteiger partial charge in [-0.05, 0) is 18.5 Å². The summed E-state index contributed by atoms with van der Waals surface area (Å²) in [6.07, 6.45) is 1.33. The van der Waals surface area contributed by atoms with E-state index in [-0.39, 0.29) is 23.2 Å². The molecule has 0 aliphatic carbocycles. The summed E-state index contributed by atoms with van der Waals surface area (Å²) in [6, 6.07) is 1.98. The van der Waals surface area contributed by atoms with E-state index in [1.165, 1.54) is 0 Å². The minimum atomic E-state index is -0.569. The Bertz CT molecular complexity index is 459. The van der Waals surface area contributed by atoms with Crippen molar-refractivity contribution in [1.29, 1.82) is 5.26 Å². The molecule has 0 N–H and O–H groups in total. The van der Waals surface area contributed by atoms with Crippen LogP contribution in [0.2, 0.25) is 5.28 Å². The van der Waals surface area contributed by atoms with E-state index in [1.54, 1.807) is 4.90 Å². The topological polar surface area (TPSA) is 96.0 Å². The second kappa shape index (κ2) is 5.96. The van der Waals surface area contributed by atoms with E-state index in [0.29, 0.717) is 13.1 Å². The molecular weight excluding hydrogens is 246 g/mol. The van der Waals surface area contributed by atoms with E-state index >= 15 is 0 Å². The number of aromatic nitrogens is 2. The van der Waals surface area contributed by atoms with Gasteiger partial charge in [-0.2, -0.15) is 10.2 Å². The van der Waals surface area contributed by atoms with Gasteiger partial charge in [-0.3, -0.25) is 10.1 Å². The van der Waals surface area contributed by atoms with Crippen LogP contribution in [0, 0.1) is 21.4 Å². The second-order valence-corrected chi connectivity index (χ2v) is 3.43. The molecule has 0 atom stereocenters. The monoisotopic (exact) mass is 255 g/mol. The van der Waals surface area contributed by atoms with E-state index in [2.05, 4.69) is 9.97 Å². The number of nitriles is 1. The van der Waals surface area contributed by atoms with Crippen molar-refractivity contribution < 1.29 is 4.92 Å². The van der Waals surface area contributed by atoms with E-state index in [1.807, 2.05) is 13.0 Å². The molecule has 0 bridgehead atoms. The molecule has 7 nitrogen and oxygen atoms in total. The SMILES string of the molecule is CCN(CCC#N)c1nc(Cl)ncc1[N+](=O)[O-]. The Labute approximate surface area is 103 Å². The van der Waals surface area contributed by atoms with Crippen molar-refractivity contribution in [2.75, 3.05) is 18.0 Å². The first kappa shape index (κ1) is 13.1. The van der Waals surface area contributed by atoms with Crippen LogP contribution >= 0.6 is 11.6 Å². The van der Waals surface area contributed by atoms with Gasteiger partial charge in [0.2, 0.25) is 11.1 Å². The molecule has 0 amide bonds. The molecule has 0 saturated carbocycles. The molecule has 0 aliphatic heterocycles. The summed E-state index contributed by atoms with van der Waals surface area (Å²) in [4.78, 5) is 19.3. The smallest absolute Gasteiger partial charge is 0.329 e. The Kier molecular flexibility index (Phi) is 4.60. The first-order valence-corrected chi connectivity index (χ1v) is 5.26. The van der Waals surface area contributed by atoms with Crippen molar-refractivity contribution in [1.82, 2.24) is 9.97 Å². The Hall–Kier alpha value is -1.94. The predicted molar refractivity (Wildman–Crippen MR) is 61.8 cm³/mol. The number of halogens is 1. The standard InChI is InChI=1S/C9H10ClN5O2/c1-2-14(5-3-4-11)8-7(15(16)17)6-12-9(10)13-8/h6H,2-3,5H2,1H3. The third-order valence-corrected chi connectivity index (χ3v) is 2.27. The normalized spacial score (nSPS) is 9.71. The zero-order valence-corrected chi connectivity index (χ0v) is 9.89. The molecule has 8 heteroatoms. The maximum Gasteiger partial charge on any atom is 0.329 e. The zero-order chi connectivity index (χ0) is 12.8. The van der Waals surface area contributed by atoms with Crippen molar-refractivity contribution in [2.45, 2.75) is 13.3 Å². The first-order chi connectivity index (χ1) is 8.10. The summed E-state index contributed by atoms with van der Waals surface area (Å²) in [6.45, 7) is 2.67. The molecule has 0 aliphatic rings. The van der Waals surface area contributed by atoms with Crippen molar-refractivity contribution in [3.63, 3.8) is 0 Å². The Morgan fingerprint density at radius 2 is 2.41 bits per heavy atom. The van der Waals surface area contributed by atoms with Crippen molar-refractivity contribution in [2.24, 2.45) is 0 Å². The van der Waals surface area contributed by atoms with Crippen LogP contribution in [-0.4, -0.2) is 28.0 Å². The fourth-order valence-electron chi connectivity index (χ4n) is 1.31. The third kappa shape index (κ3) is 3.26. The third-order valence-electron chi connectivity index (χ3n) is 2.09. The van der Waals surface area contributed by atoms with Crippen LogP contribution in [0.15, 0.2) is 6.20 Å². The second-order valence-electron chi connectivity index (χ2n) is 3.09. The van der Waals surface area contributed by atoms with Crippen LogP contribution in [0.1, 0.15) is 13.3 Å². The average molecular weight is 256 g/mol. The molecule has 1 aromatic heterocycles. The van der Waals surface area contributed by atoms with Gasteiger partial charge < -0.3 is 4.90 Å². The minimum Gasteiger partial charge on any atom is -0.350 e. The number of hydrogen-bond acceptors (Lipinski definition) is 6. The van der Waals surface area contributed by atoms with Crippen LogP contribution in [0.3, 0.4) is 0 Å². The number of nitrogens with zero attached hydrogens (tertiary/aromatic N) is 5. The van der Waals surface area contributed by atoms with Gasteiger partial charge in [-0.1, -0.05) is 0 Å². The lowest BCUT2D eigenvalue weighted by molar-refractivity contribution is -0.384. The molecule has 90 valence electrons. The van der Waals surface area contributed by atoms with Crippen LogP contribution in [0.5, 0.6) is 0 Å². The maximum atomic E-state index is 10.8. The van der Waals surface area contributed by atoms with Crippen molar-refractivity contribution in [3.05, 3.63) is 21.6 Å². The van der Waals surface area contributed by atoms with Crippen LogP contribution < -0.4 is 4.90 Å². The van der Waals surface area contributed by atoms with Gasteiger partial charge in [0.05, 0.1) is 17.4 Å². The molecule has 0 unspecified atom stereocenters. The van der Waals surface area contributed by atoms with Crippen LogP contribution in [-0.2, 0) is 0 Å². The van der Waals surface area contributed by atoms with Gasteiger partial charge in [0.25, 0.3) is 0 Å². The number of anilines is 1. The van der Waals surface area contributed by atoms with E-state index < -0.39 is 4.92 Å². The number of rotatable bonds is 5. The van der Waals surface area contributed by atoms with Crippen LogP contribution in [0.4, 0.5) is 11.5 Å². The summed E-state index contributed by atoms with van der Waals surface area (Å²) in [5.74, 6) is 0.146. The summed E-state index contributed by atoms with van der Waals surface area (Å²) in [5.41, 5.74) is -0.214. The first-order valence-electron chi connectivity index (χ1n) is 4.89. The van der Waals surface area contributed by atoms with Gasteiger partial charge >= 0.3 is 5.69 Å². The van der Waals surface area contributed by atoms with Crippen molar-refractivity contribution >= 4 is 23.1 Å². The molecule has 17 heavy (non-hydrogen) atoms. The van der Waals surface area contributed by atoms with Gasteiger partial charge in [0.1, 0.15) is 6.20 Å². The summed E-state index contributed by atoms with van der Waals surface area (Å²) in [5, 5.41) is 19.3. The number of nitro groups is 1. The summed E-state index contributed by atoms with van der Waals surface area (Å²) < 4.78 is 0. The van der Waals surface area contributed by atoms with E-state index in [9.17, 15) is 10.1 Å². The zero-order valence-electron chi connectivity index (χ0n) is 9.13. The lowest BCUT2D eigenvalue weighted by Gasteiger charge is -2.19. The van der Waals surface area contributed by atoms with Gasteiger partial charge in [-0.15, -0.1) is 0 Å².